The second-order valence-corrected chi connectivity index (χ2v) is 8.29. The Hall–Kier alpha value is -1.59. The van der Waals surface area contributed by atoms with Crippen molar-refractivity contribution in [1.29, 1.82) is 0 Å². The van der Waals surface area contributed by atoms with Crippen molar-refractivity contribution in [2.45, 2.75) is 71.1 Å². The fourth-order valence-corrected chi connectivity index (χ4v) is 3.51. The number of para-hydroxylation sites is 1. The molecule has 1 fully saturated rings. The summed E-state index contributed by atoms with van der Waals surface area (Å²) in [5, 5.41) is 22.8. The Labute approximate surface area is 157 Å². The van der Waals surface area contributed by atoms with Gasteiger partial charge in [-0.1, -0.05) is 18.2 Å². The second kappa shape index (κ2) is 9.38. The van der Waals surface area contributed by atoms with E-state index in [0.717, 1.165) is 57.3 Å². The van der Waals surface area contributed by atoms with Gasteiger partial charge in [0.1, 0.15) is 5.75 Å². The summed E-state index contributed by atoms with van der Waals surface area (Å²) < 4.78 is 0. The van der Waals surface area contributed by atoms with E-state index in [1.807, 2.05) is 39.0 Å². The predicted molar refractivity (Wildman–Crippen MR) is 104 cm³/mol. The van der Waals surface area contributed by atoms with Crippen LogP contribution in [0.1, 0.15) is 58.4 Å². The van der Waals surface area contributed by atoms with Crippen LogP contribution in [0.5, 0.6) is 5.75 Å². The number of phenolic OH excluding ortho intramolecular Hbond substituents is 1. The quantitative estimate of drug-likeness (QED) is 0.665. The molecule has 26 heavy (non-hydrogen) atoms. The van der Waals surface area contributed by atoms with Crippen molar-refractivity contribution in [2.24, 2.45) is 5.92 Å². The standard InChI is InChI=1S/C21H34N2O3/c1-16(7-6-12-21(2,3)26)22-20(25)17-10-13-23(14-11-17)15-18-8-4-5-9-19(18)24/h4-5,8-9,16-17,24,26H,6-7,10-15H2,1-3H3,(H,22,25). The number of hydrogen-bond acceptors (Lipinski definition) is 4. The molecule has 0 spiro atoms. The van der Waals surface area contributed by atoms with Gasteiger partial charge in [0.2, 0.25) is 5.91 Å². The first-order chi connectivity index (χ1) is 12.2. The van der Waals surface area contributed by atoms with Gasteiger partial charge < -0.3 is 15.5 Å². The molecule has 1 heterocycles. The lowest BCUT2D eigenvalue weighted by atomic mass is 9.94. The van der Waals surface area contributed by atoms with Crippen molar-refractivity contribution >= 4 is 5.91 Å². The van der Waals surface area contributed by atoms with Gasteiger partial charge in [0, 0.05) is 24.1 Å². The third-order valence-corrected chi connectivity index (χ3v) is 5.16. The Morgan fingerprint density at radius 3 is 2.58 bits per heavy atom. The summed E-state index contributed by atoms with van der Waals surface area (Å²) in [6.45, 7) is 8.15. The highest BCUT2D eigenvalue weighted by atomic mass is 16.3. The number of hydrogen-bond donors (Lipinski definition) is 3. The van der Waals surface area contributed by atoms with E-state index in [0.29, 0.717) is 5.75 Å². The van der Waals surface area contributed by atoms with Crippen LogP contribution in [0.2, 0.25) is 0 Å². The van der Waals surface area contributed by atoms with Gasteiger partial charge >= 0.3 is 0 Å². The average molecular weight is 363 g/mol. The van der Waals surface area contributed by atoms with Crippen molar-refractivity contribution in [3.05, 3.63) is 29.8 Å². The molecule has 5 nitrogen and oxygen atoms in total. The molecule has 1 unspecified atom stereocenters. The zero-order valence-electron chi connectivity index (χ0n) is 16.4. The maximum absolute atomic E-state index is 12.5. The van der Waals surface area contributed by atoms with Crippen LogP contribution in [0, 0.1) is 5.92 Å². The number of carbonyl (C=O) groups excluding carboxylic acids is 1. The van der Waals surface area contributed by atoms with Crippen LogP contribution >= 0.6 is 0 Å². The second-order valence-electron chi connectivity index (χ2n) is 8.29. The lowest BCUT2D eigenvalue weighted by molar-refractivity contribution is -0.127. The van der Waals surface area contributed by atoms with E-state index >= 15 is 0 Å². The summed E-state index contributed by atoms with van der Waals surface area (Å²) in [5.74, 6) is 0.572. The summed E-state index contributed by atoms with van der Waals surface area (Å²) in [5.41, 5.74) is 0.305. The molecule has 1 aliphatic rings. The molecule has 1 saturated heterocycles. The number of phenols is 1. The highest BCUT2D eigenvalue weighted by Gasteiger charge is 2.26. The zero-order valence-corrected chi connectivity index (χ0v) is 16.4. The van der Waals surface area contributed by atoms with E-state index in [2.05, 4.69) is 10.2 Å². The SMILES string of the molecule is CC(CCCC(C)(C)O)NC(=O)C1CCN(Cc2ccccc2O)CC1. The predicted octanol–water partition coefficient (Wildman–Crippen LogP) is 3.05. The van der Waals surface area contributed by atoms with E-state index in [1.165, 1.54) is 0 Å². The maximum Gasteiger partial charge on any atom is 0.223 e. The average Bonchev–Trinajstić information content (AvgIpc) is 2.56. The van der Waals surface area contributed by atoms with Crippen molar-refractivity contribution in [3.63, 3.8) is 0 Å². The Bertz CT molecular complexity index is 575. The van der Waals surface area contributed by atoms with E-state index < -0.39 is 5.60 Å². The van der Waals surface area contributed by atoms with Crippen LogP contribution in [0.4, 0.5) is 0 Å². The third kappa shape index (κ3) is 6.96. The third-order valence-electron chi connectivity index (χ3n) is 5.16. The van der Waals surface area contributed by atoms with Gasteiger partial charge in [0.05, 0.1) is 5.60 Å². The minimum atomic E-state index is -0.635. The number of amides is 1. The molecule has 146 valence electrons. The van der Waals surface area contributed by atoms with Gasteiger partial charge in [-0.2, -0.15) is 0 Å². The molecular weight excluding hydrogens is 328 g/mol. The van der Waals surface area contributed by atoms with E-state index in [-0.39, 0.29) is 17.9 Å². The van der Waals surface area contributed by atoms with Crippen molar-refractivity contribution < 1.29 is 15.0 Å². The normalized spacial score (nSPS) is 17.8. The number of likely N-dealkylation sites (tertiary alicyclic amines) is 1. The first-order valence-electron chi connectivity index (χ1n) is 9.76. The zero-order chi connectivity index (χ0) is 19.2. The van der Waals surface area contributed by atoms with Crippen LogP contribution in [0.3, 0.4) is 0 Å². The maximum atomic E-state index is 12.5. The monoisotopic (exact) mass is 362 g/mol. The summed E-state index contributed by atoms with van der Waals surface area (Å²) in [6, 6.07) is 7.58. The molecule has 1 atom stereocenters. The lowest BCUT2D eigenvalue weighted by Gasteiger charge is -2.32. The summed E-state index contributed by atoms with van der Waals surface area (Å²) in [6.07, 6.45) is 4.26. The molecule has 1 amide bonds. The van der Waals surface area contributed by atoms with Crippen molar-refractivity contribution in [2.75, 3.05) is 13.1 Å². The van der Waals surface area contributed by atoms with Crippen LogP contribution in [-0.4, -0.2) is 45.8 Å². The van der Waals surface area contributed by atoms with Crippen molar-refractivity contribution in [3.8, 4) is 5.75 Å². The van der Waals surface area contributed by atoms with E-state index in [4.69, 9.17) is 0 Å². The first-order valence-corrected chi connectivity index (χ1v) is 9.76. The molecule has 5 heteroatoms. The number of benzene rings is 1. The van der Waals surface area contributed by atoms with Gasteiger partial charge in [-0.15, -0.1) is 0 Å². The number of nitrogens with zero attached hydrogens (tertiary/aromatic N) is 1. The Morgan fingerprint density at radius 1 is 1.31 bits per heavy atom. The van der Waals surface area contributed by atoms with Crippen LogP contribution < -0.4 is 5.32 Å². The molecule has 2 rings (SSSR count). The number of aromatic hydroxyl groups is 1. The van der Waals surface area contributed by atoms with Gasteiger partial charge in [0.15, 0.2) is 0 Å². The van der Waals surface area contributed by atoms with Gasteiger partial charge in [-0.3, -0.25) is 9.69 Å². The highest BCUT2D eigenvalue weighted by molar-refractivity contribution is 5.79. The minimum absolute atomic E-state index is 0.0763. The highest BCUT2D eigenvalue weighted by Crippen LogP contribution is 2.23. The molecule has 1 aromatic rings. The minimum Gasteiger partial charge on any atom is -0.508 e. The number of carbonyl (C=O) groups is 1. The molecule has 3 N–H and O–H groups in total. The molecule has 1 aliphatic heterocycles. The molecule has 0 radical (unpaired) electrons. The van der Waals surface area contributed by atoms with E-state index in [1.54, 1.807) is 6.07 Å². The van der Waals surface area contributed by atoms with Gasteiger partial charge in [-0.25, -0.2) is 0 Å². The molecule has 1 aromatic carbocycles. The smallest absolute Gasteiger partial charge is 0.223 e. The number of piperidine rings is 1. The molecule has 0 aliphatic carbocycles. The van der Waals surface area contributed by atoms with Crippen LogP contribution in [0.15, 0.2) is 24.3 Å². The molecule has 0 saturated carbocycles. The summed E-state index contributed by atoms with van der Waals surface area (Å²) in [4.78, 5) is 14.8. The molecule has 0 bridgehead atoms. The molecular formula is C21H34N2O3. The summed E-state index contributed by atoms with van der Waals surface area (Å²) in [7, 11) is 0. The topological polar surface area (TPSA) is 72.8 Å². The number of nitrogens with one attached hydrogen (secondary N) is 1. The molecule has 0 aromatic heterocycles. The fraction of sp³-hybridized carbons (Fsp3) is 0.667. The van der Waals surface area contributed by atoms with Gasteiger partial charge in [-0.05, 0) is 72.0 Å². The van der Waals surface area contributed by atoms with Crippen LogP contribution in [-0.2, 0) is 11.3 Å². The van der Waals surface area contributed by atoms with Crippen molar-refractivity contribution in [1.82, 2.24) is 10.2 Å². The van der Waals surface area contributed by atoms with Gasteiger partial charge in [0.25, 0.3) is 0 Å². The largest absolute Gasteiger partial charge is 0.508 e. The van der Waals surface area contributed by atoms with E-state index in [9.17, 15) is 15.0 Å². The Morgan fingerprint density at radius 2 is 1.96 bits per heavy atom. The first kappa shape index (κ1) is 20.7. The fourth-order valence-electron chi connectivity index (χ4n) is 3.51. The Kier molecular flexibility index (Phi) is 7.47. The number of aliphatic hydroxyl groups is 1. The van der Waals surface area contributed by atoms with Crippen LogP contribution in [0.25, 0.3) is 0 Å². The lowest BCUT2D eigenvalue weighted by Crippen LogP contribution is -2.43. The Balaban J connectivity index is 1.70. The summed E-state index contributed by atoms with van der Waals surface area (Å²) >= 11 is 0. The number of rotatable bonds is 8.